The lowest BCUT2D eigenvalue weighted by Gasteiger charge is -2.31. The van der Waals surface area contributed by atoms with Crippen LogP contribution in [0.15, 0.2) is 259 Å². The molecule has 0 aliphatic heterocycles. The Morgan fingerprint density at radius 3 is 1.10 bits per heavy atom. The van der Waals surface area contributed by atoms with Crippen LogP contribution in [0.2, 0.25) is 0 Å². The Labute approximate surface area is 368 Å². The quantitative estimate of drug-likeness (QED) is 0.137. The molecule has 298 valence electrons. The van der Waals surface area contributed by atoms with Crippen molar-refractivity contribution in [1.29, 1.82) is 0 Å². The first-order chi connectivity index (χ1) is 31.3. The molecule has 0 radical (unpaired) electrons. The third-order valence-corrected chi connectivity index (χ3v) is 11.9. The Morgan fingerprint density at radius 1 is 0.238 bits per heavy atom. The Morgan fingerprint density at radius 2 is 0.603 bits per heavy atom. The number of benzene rings is 10. The van der Waals surface area contributed by atoms with Crippen molar-refractivity contribution in [2.24, 2.45) is 0 Å². The molecule has 0 fully saturated rings. The second-order valence-corrected chi connectivity index (χ2v) is 15.7. The van der Waals surface area contributed by atoms with E-state index >= 15 is 0 Å². The highest BCUT2D eigenvalue weighted by Crippen LogP contribution is 2.48. The van der Waals surface area contributed by atoms with Gasteiger partial charge in [-0.15, -0.1) is 0 Å². The Hall–Kier alpha value is -8.40. The van der Waals surface area contributed by atoms with E-state index in [1.54, 1.807) is 0 Å². The lowest BCUT2D eigenvalue weighted by molar-refractivity contribution is 0.669. The van der Waals surface area contributed by atoms with Crippen LogP contribution in [0.25, 0.3) is 66.4 Å². The van der Waals surface area contributed by atoms with Crippen molar-refractivity contribution in [1.82, 2.24) is 0 Å². The molecule has 0 saturated carbocycles. The molecule has 3 nitrogen and oxygen atoms in total. The molecular weight excluding hydrogens is 765 g/mol. The van der Waals surface area contributed by atoms with E-state index in [1.807, 2.05) is 12.1 Å². The maximum atomic E-state index is 6.52. The topological polar surface area (TPSA) is 19.6 Å². The molecule has 0 N–H and O–H groups in total. The summed E-state index contributed by atoms with van der Waals surface area (Å²) < 4.78 is 6.52. The largest absolute Gasteiger partial charge is 0.456 e. The normalized spacial score (nSPS) is 11.2. The minimum atomic E-state index is 0.847. The molecule has 0 aliphatic rings. The van der Waals surface area contributed by atoms with Crippen molar-refractivity contribution in [2.45, 2.75) is 0 Å². The van der Waals surface area contributed by atoms with Crippen LogP contribution >= 0.6 is 0 Å². The summed E-state index contributed by atoms with van der Waals surface area (Å²) in [5.74, 6) is 0. The fourth-order valence-corrected chi connectivity index (χ4v) is 8.99. The van der Waals surface area contributed by atoms with E-state index in [-0.39, 0.29) is 0 Å². The monoisotopic (exact) mass is 806 g/mol. The number of nitrogens with zero attached hydrogens (tertiary/aromatic N) is 2. The highest BCUT2D eigenvalue weighted by Gasteiger charge is 2.24. The molecule has 0 aliphatic carbocycles. The van der Waals surface area contributed by atoms with Crippen LogP contribution in [0, 0.1) is 0 Å². The summed E-state index contributed by atoms with van der Waals surface area (Å²) in [6, 6.07) is 90.8. The molecule has 3 heteroatoms. The van der Waals surface area contributed by atoms with Crippen molar-refractivity contribution in [3.63, 3.8) is 0 Å². The van der Waals surface area contributed by atoms with E-state index in [1.165, 1.54) is 0 Å². The fourth-order valence-electron chi connectivity index (χ4n) is 8.99. The van der Waals surface area contributed by atoms with Gasteiger partial charge in [0.25, 0.3) is 0 Å². The van der Waals surface area contributed by atoms with E-state index < -0.39 is 0 Å². The third-order valence-electron chi connectivity index (χ3n) is 11.9. The number of hydrogen-bond donors (Lipinski definition) is 0. The predicted octanol–water partition coefficient (Wildman–Crippen LogP) is 17.2. The van der Waals surface area contributed by atoms with Gasteiger partial charge in [-0.3, -0.25) is 0 Å². The van der Waals surface area contributed by atoms with Gasteiger partial charge in [0.2, 0.25) is 0 Å². The smallest absolute Gasteiger partial charge is 0.137 e. The Balaban J connectivity index is 1.12. The van der Waals surface area contributed by atoms with E-state index in [0.29, 0.717) is 0 Å². The molecule has 1 heterocycles. The SMILES string of the molecule is c1ccc(-c2ccccc2N(c2cccc(-c3ccccc3N(c3ccc4c(c3)oc3ccccc34)c3ccccc3-c3ccccc3)c2)c2ccccc2-c2ccccc2)cc1. The molecule has 0 amide bonds. The zero-order valence-electron chi connectivity index (χ0n) is 34.6. The van der Waals surface area contributed by atoms with Crippen LogP contribution < -0.4 is 9.80 Å². The van der Waals surface area contributed by atoms with Crippen LogP contribution in [-0.4, -0.2) is 0 Å². The zero-order valence-corrected chi connectivity index (χ0v) is 34.6. The molecule has 0 saturated heterocycles. The van der Waals surface area contributed by atoms with Gasteiger partial charge in [-0.1, -0.05) is 194 Å². The Bertz CT molecular complexity index is 3270. The van der Waals surface area contributed by atoms with Gasteiger partial charge in [-0.05, 0) is 76.9 Å². The summed E-state index contributed by atoms with van der Waals surface area (Å²) in [6.07, 6.45) is 0. The molecule has 10 aromatic carbocycles. The second kappa shape index (κ2) is 16.6. The van der Waals surface area contributed by atoms with E-state index in [2.05, 4.69) is 252 Å². The number of para-hydroxylation sites is 5. The standard InChI is InChI=1S/C60H42N2O/c1-4-21-43(22-5-1)49-29-10-15-34-55(49)61(56-35-16-11-30-50(56)44-23-6-2-7-24-44)47-28-20-27-46(41-47)52-32-13-18-37-58(52)62(57-36-17-12-31-51(57)45-25-8-3-9-26-45)48-39-40-54-53-33-14-19-38-59(53)63-60(54)42-48/h1-42H. The average molecular weight is 807 g/mol. The summed E-state index contributed by atoms with van der Waals surface area (Å²) in [6.45, 7) is 0. The van der Waals surface area contributed by atoms with Gasteiger partial charge >= 0.3 is 0 Å². The van der Waals surface area contributed by atoms with Gasteiger partial charge < -0.3 is 14.2 Å². The molecule has 1 aromatic heterocycles. The molecule has 0 atom stereocenters. The van der Waals surface area contributed by atoms with Crippen LogP contribution in [0.5, 0.6) is 0 Å². The van der Waals surface area contributed by atoms with Crippen molar-refractivity contribution < 1.29 is 4.42 Å². The zero-order chi connectivity index (χ0) is 42.0. The minimum absolute atomic E-state index is 0.847. The summed E-state index contributed by atoms with van der Waals surface area (Å²) >= 11 is 0. The van der Waals surface area contributed by atoms with Crippen molar-refractivity contribution in [3.05, 3.63) is 255 Å². The molecule has 0 unspecified atom stereocenters. The van der Waals surface area contributed by atoms with Gasteiger partial charge in [0.15, 0.2) is 0 Å². The van der Waals surface area contributed by atoms with Gasteiger partial charge in [0.1, 0.15) is 11.2 Å². The van der Waals surface area contributed by atoms with Gasteiger partial charge in [-0.2, -0.15) is 0 Å². The maximum absolute atomic E-state index is 6.52. The maximum Gasteiger partial charge on any atom is 0.137 e. The van der Waals surface area contributed by atoms with Crippen LogP contribution in [0.1, 0.15) is 0 Å². The van der Waals surface area contributed by atoms with Gasteiger partial charge in [-0.25, -0.2) is 0 Å². The van der Waals surface area contributed by atoms with Gasteiger partial charge in [0, 0.05) is 50.5 Å². The van der Waals surface area contributed by atoms with E-state index in [4.69, 9.17) is 4.42 Å². The summed E-state index contributed by atoms with van der Waals surface area (Å²) in [7, 11) is 0. The lowest BCUT2D eigenvalue weighted by atomic mass is 9.97. The molecular formula is C60H42N2O. The average Bonchev–Trinajstić information content (AvgIpc) is 3.74. The summed E-state index contributed by atoms with van der Waals surface area (Å²) in [4.78, 5) is 4.82. The number of fused-ring (bicyclic) bond motifs is 3. The molecule has 0 bridgehead atoms. The van der Waals surface area contributed by atoms with E-state index in [9.17, 15) is 0 Å². The highest BCUT2D eigenvalue weighted by molar-refractivity contribution is 6.07. The number of hydrogen-bond acceptors (Lipinski definition) is 3. The van der Waals surface area contributed by atoms with Crippen molar-refractivity contribution in [2.75, 3.05) is 9.80 Å². The number of rotatable bonds is 10. The summed E-state index contributed by atoms with van der Waals surface area (Å²) in [5, 5.41) is 2.21. The first-order valence-electron chi connectivity index (χ1n) is 21.4. The predicted molar refractivity (Wildman–Crippen MR) is 265 cm³/mol. The van der Waals surface area contributed by atoms with Crippen LogP contribution in [0.3, 0.4) is 0 Å². The number of furan rings is 1. The van der Waals surface area contributed by atoms with E-state index in [0.717, 1.165) is 101 Å². The van der Waals surface area contributed by atoms with Crippen LogP contribution in [-0.2, 0) is 0 Å². The molecule has 11 rings (SSSR count). The fraction of sp³-hybridized carbons (Fsp3) is 0. The highest BCUT2D eigenvalue weighted by atomic mass is 16.3. The molecule has 11 aromatic rings. The Kier molecular flexibility index (Phi) is 9.89. The van der Waals surface area contributed by atoms with Gasteiger partial charge in [0.05, 0.1) is 22.7 Å². The van der Waals surface area contributed by atoms with Crippen LogP contribution in [0.4, 0.5) is 34.1 Å². The lowest BCUT2D eigenvalue weighted by Crippen LogP contribution is -2.13. The van der Waals surface area contributed by atoms with Crippen molar-refractivity contribution in [3.8, 4) is 44.5 Å². The molecule has 63 heavy (non-hydrogen) atoms. The van der Waals surface area contributed by atoms with Crippen molar-refractivity contribution >= 4 is 56.1 Å². The third kappa shape index (κ3) is 7.12. The minimum Gasteiger partial charge on any atom is -0.456 e. The first kappa shape index (κ1) is 37.6. The molecule has 0 spiro atoms. The summed E-state index contributed by atoms with van der Waals surface area (Å²) in [5.41, 5.74) is 17.2. The number of anilines is 6. The first-order valence-corrected chi connectivity index (χ1v) is 21.4. The second-order valence-electron chi connectivity index (χ2n) is 15.7.